The topological polar surface area (TPSA) is 106 Å². The van der Waals surface area contributed by atoms with Gasteiger partial charge in [-0.1, -0.05) is 20.3 Å². The molecule has 0 aliphatic carbocycles. The minimum Gasteiger partial charge on any atom is -0.395 e. The van der Waals surface area contributed by atoms with Gasteiger partial charge < -0.3 is 15.6 Å². The third-order valence-electron chi connectivity index (χ3n) is 5.80. The fourth-order valence-corrected chi connectivity index (χ4v) is 4.09. The molecule has 4 N–H and O–H groups in total. The third-order valence-corrected chi connectivity index (χ3v) is 5.80. The molecular weight excluding hydrogens is 428 g/mol. The van der Waals surface area contributed by atoms with Gasteiger partial charge in [0.05, 0.1) is 41.6 Å². The standard InChI is InChI=1S/C23H33F2N7O/c1-4-7-16-12-28-22(33)32(13-16)14-20(30(3)27)21(26)18-8-9-19(17(5-2)29-18)31-11-6-10-23(24,25)15-31/h8-9,12-13H,4-7,10-11,14-15,26-27H2,1-3H3/b21-20-. The van der Waals surface area contributed by atoms with E-state index in [0.29, 0.717) is 47.9 Å². The largest absolute Gasteiger partial charge is 0.395 e. The number of pyridine rings is 1. The molecule has 3 heterocycles. The van der Waals surface area contributed by atoms with Gasteiger partial charge in [-0.05, 0) is 37.0 Å². The minimum atomic E-state index is -2.70. The zero-order valence-electron chi connectivity index (χ0n) is 19.5. The van der Waals surface area contributed by atoms with Crippen LogP contribution >= 0.6 is 0 Å². The SMILES string of the molecule is CCCc1cnc(=O)n(C/C(=C(/N)c2ccc(N3CCCC(F)(F)C3)c(CC)n2)N(C)N)c1. The van der Waals surface area contributed by atoms with E-state index < -0.39 is 11.6 Å². The Morgan fingerprint density at radius 1 is 1.30 bits per heavy atom. The predicted molar refractivity (Wildman–Crippen MR) is 126 cm³/mol. The maximum atomic E-state index is 14.0. The van der Waals surface area contributed by atoms with E-state index in [1.165, 1.54) is 9.58 Å². The number of aromatic nitrogens is 3. The molecule has 0 aromatic carbocycles. The zero-order chi connectivity index (χ0) is 24.2. The number of hydrogen-bond acceptors (Lipinski definition) is 7. The molecule has 0 unspecified atom stereocenters. The maximum absolute atomic E-state index is 14.0. The van der Waals surface area contributed by atoms with E-state index in [4.69, 9.17) is 11.6 Å². The van der Waals surface area contributed by atoms with Crippen LogP contribution in [0.1, 0.15) is 50.1 Å². The minimum absolute atomic E-state index is 0.0912. The summed E-state index contributed by atoms with van der Waals surface area (Å²) in [5.74, 6) is 3.35. The molecule has 2 aromatic rings. The van der Waals surface area contributed by atoms with E-state index in [9.17, 15) is 13.6 Å². The van der Waals surface area contributed by atoms with E-state index in [0.717, 1.165) is 18.4 Å². The van der Waals surface area contributed by atoms with E-state index in [1.807, 2.05) is 6.92 Å². The Kier molecular flexibility index (Phi) is 7.68. The molecule has 0 amide bonds. The van der Waals surface area contributed by atoms with Crippen molar-refractivity contribution in [2.75, 3.05) is 25.0 Å². The fraction of sp³-hybridized carbons (Fsp3) is 0.522. The van der Waals surface area contributed by atoms with Crippen LogP contribution < -0.4 is 22.2 Å². The number of anilines is 1. The first-order chi connectivity index (χ1) is 15.6. The Balaban J connectivity index is 1.96. The summed E-state index contributed by atoms with van der Waals surface area (Å²) >= 11 is 0. The number of allylic oxidation sites excluding steroid dienone is 1. The van der Waals surface area contributed by atoms with Crippen LogP contribution in [0.3, 0.4) is 0 Å². The summed E-state index contributed by atoms with van der Waals surface area (Å²) in [5.41, 5.74) is 9.70. The molecule has 10 heteroatoms. The lowest BCUT2D eigenvalue weighted by atomic mass is 10.1. The molecule has 8 nitrogen and oxygen atoms in total. The summed E-state index contributed by atoms with van der Waals surface area (Å²) in [6, 6.07) is 3.51. The molecule has 0 saturated carbocycles. The van der Waals surface area contributed by atoms with Crippen molar-refractivity contribution in [3.8, 4) is 0 Å². The molecule has 0 spiro atoms. The smallest absolute Gasteiger partial charge is 0.347 e. The van der Waals surface area contributed by atoms with Crippen molar-refractivity contribution in [2.45, 2.75) is 58.4 Å². The van der Waals surface area contributed by atoms with Crippen LogP contribution in [0, 0.1) is 0 Å². The van der Waals surface area contributed by atoms with Crippen LogP contribution in [0.5, 0.6) is 0 Å². The molecule has 0 atom stereocenters. The molecule has 0 radical (unpaired) electrons. The zero-order valence-corrected chi connectivity index (χ0v) is 19.5. The molecule has 3 rings (SSSR count). The van der Waals surface area contributed by atoms with Crippen molar-refractivity contribution in [3.63, 3.8) is 0 Å². The van der Waals surface area contributed by atoms with Crippen molar-refractivity contribution < 1.29 is 8.78 Å². The van der Waals surface area contributed by atoms with Gasteiger partial charge in [0, 0.05) is 32.4 Å². The van der Waals surface area contributed by atoms with E-state index >= 15 is 0 Å². The highest BCUT2D eigenvalue weighted by Crippen LogP contribution is 2.32. The number of piperidine rings is 1. The second kappa shape index (κ2) is 10.3. The van der Waals surface area contributed by atoms with E-state index in [-0.39, 0.29) is 19.5 Å². The highest BCUT2D eigenvalue weighted by atomic mass is 19.3. The highest BCUT2D eigenvalue weighted by molar-refractivity contribution is 5.65. The van der Waals surface area contributed by atoms with Gasteiger partial charge in [0.15, 0.2) is 0 Å². The summed E-state index contributed by atoms with van der Waals surface area (Å²) in [4.78, 5) is 22.6. The number of nitrogens with two attached hydrogens (primary N) is 2. The highest BCUT2D eigenvalue weighted by Gasteiger charge is 2.36. The molecular formula is C23H33F2N7O. The lowest BCUT2D eigenvalue weighted by Crippen LogP contribution is -2.43. The lowest BCUT2D eigenvalue weighted by molar-refractivity contribution is -0.0117. The Morgan fingerprint density at radius 3 is 2.70 bits per heavy atom. The van der Waals surface area contributed by atoms with Crippen LogP contribution in [-0.2, 0) is 19.4 Å². The van der Waals surface area contributed by atoms with Gasteiger partial charge in [0.2, 0.25) is 0 Å². The monoisotopic (exact) mass is 461 g/mol. The Labute approximate surface area is 192 Å². The van der Waals surface area contributed by atoms with Crippen molar-refractivity contribution >= 4 is 11.4 Å². The molecule has 33 heavy (non-hydrogen) atoms. The van der Waals surface area contributed by atoms with Crippen LogP contribution in [0.15, 0.2) is 35.0 Å². The van der Waals surface area contributed by atoms with Gasteiger partial charge in [-0.2, -0.15) is 0 Å². The summed E-state index contributed by atoms with van der Waals surface area (Å²) in [6.45, 7) is 4.37. The molecule has 1 aliphatic rings. The molecule has 1 saturated heterocycles. The second-order valence-electron chi connectivity index (χ2n) is 8.49. The van der Waals surface area contributed by atoms with Gasteiger partial charge in [-0.3, -0.25) is 4.57 Å². The number of rotatable bonds is 8. The molecule has 1 aliphatic heterocycles. The second-order valence-corrected chi connectivity index (χ2v) is 8.49. The quantitative estimate of drug-likeness (QED) is 0.460. The number of halogens is 2. The van der Waals surface area contributed by atoms with E-state index in [2.05, 4.69) is 16.9 Å². The van der Waals surface area contributed by atoms with Crippen molar-refractivity contribution in [2.24, 2.45) is 11.6 Å². The summed E-state index contributed by atoms with van der Waals surface area (Å²) in [5, 5.41) is 1.36. The molecule has 0 bridgehead atoms. The van der Waals surface area contributed by atoms with Gasteiger partial charge in [0.1, 0.15) is 0 Å². The summed E-state index contributed by atoms with van der Waals surface area (Å²) in [6.07, 6.45) is 5.99. The first-order valence-electron chi connectivity index (χ1n) is 11.3. The average molecular weight is 462 g/mol. The van der Waals surface area contributed by atoms with Crippen molar-refractivity contribution in [1.82, 2.24) is 19.5 Å². The van der Waals surface area contributed by atoms with Gasteiger partial charge in [0.25, 0.3) is 5.92 Å². The first-order valence-corrected chi connectivity index (χ1v) is 11.3. The fourth-order valence-electron chi connectivity index (χ4n) is 4.09. The molecule has 180 valence electrons. The van der Waals surface area contributed by atoms with E-state index in [1.54, 1.807) is 36.5 Å². The molecule has 1 fully saturated rings. The number of nitrogens with zero attached hydrogens (tertiary/aromatic N) is 5. The first kappa shape index (κ1) is 24.6. The van der Waals surface area contributed by atoms with Gasteiger partial charge in [-0.15, -0.1) is 0 Å². The van der Waals surface area contributed by atoms with Crippen LogP contribution in [0.4, 0.5) is 14.5 Å². The Bertz CT molecular complexity index is 1070. The lowest BCUT2D eigenvalue weighted by Gasteiger charge is -2.35. The number of alkyl halides is 2. The normalized spacial score (nSPS) is 16.5. The summed E-state index contributed by atoms with van der Waals surface area (Å²) < 4.78 is 29.4. The van der Waals surface area contributed by atoms with Crippen molar-refractivity contribution in [1.29, 1.82) is 0 Å². The number of hydrogen-bond donors (Lipinski definition) is 2. The Hall–Kier alpha value is -3.01. The predicted octanol–water partition coefficient (Wildman–Crippen LogP) is 2.52. The van der Waals surface area contributed by atoms with Gasteiger partial charge in [-0.25, -0.2) is 29.4 Å². The number of hydrazine groups is 1. The van der Waals surface area contributed by atoms with Gasteiger partial charge >= 0.3 is 5.69 Å². The van der Waals surface area contributed by atoms with Crippen LogP contribution in [-0.4, -0.2) is 45.6 Å². The number of likely N-dealkylation sites (N-methyl/N-ethyl adjacent to an activating group) is 1. The number of aryl methyl sites for hydroxylation is 2. The maximum Gasteiger partial charge on any atom is 0.347 e. The average Bonchev–Trinajstić information content (AvgIpc) is 2.77. The molecule has 2 aromatic heterocycles. The summed E-state index contributed by atoms with van der Waals surface area (Å²) in [7, 11) is 1.64. The third kappa shape index (κ3) is 5.87. The Morgan fingerprint density at radius 2 is 2.06 bits per heavy atom. The van der Waals surface area contributed by atoms with Crippen molar-refractivity contribution in [3.05, 3.63) is 57.7 Å². The van der Waals surface area contributed by atoms with Crippen LogP contribution in [0.25, 0.3) is 5.70 Å². The van der Waals surface area contributed by atoms with Crippen LogP contribution in [0.2, 0.25) is 0 Å².